The van der Waals surface area contributed by atoms with Crippen molar-refractivity contribution >= 4 is 28.2 Å². The summed E-state index contributed by atoms with van der Waals surface area (Å²) >= 11 is 0. The smallest absolute Gasteiger partial charge is 0.378 e. The molecule has 28 heavy (non-hydrogen) atoms. The first-order chi connectivity index (χ1) is 13.1. The van der Waals surface area contributed by atoms with Gasteiger partial charge in [-0.25, -0.2) is 4.39 Å². The number of nitrogens with zero attached hydrogens (tertiary/aromatic N) is 2. The molecule has 4 nitrogen and oxygen atoms in total. The minimum atomic E-state index is -4.64. The molecule has 0 fully saturated rings. The Labute approximate surface area is 158 Å². The lowest BCUT2D eigenvalue weighted by molar-refractivity contribution is -0.136. The van der Waals surface area contributed by atoms with Crippen LogP contribution in [0.3, 0.4) is 0 Å². The van der Waals surface area contributed by atoms with Gasteiger partial charge in [0.2, 0.25) is 0 Å². The number of carbonyl (C=O) groups excluding carboxylic acids is 1. The molecule has 0 radical (unpaired) electrons. The molecule has 2 aromatic carbocycles. The molecule has 0 aliphatic rings. The van der Waals surface area contributed by atoms with Gasteiger partial charge >= 0.3 is 6.18 Å². The molecular formula is C20H17F4N3O. The molecule has 1 aromatic heterocycles. The molecule has 0 aliphatic carbocycles. The summed E-state index contributed by atoms with van der Waals surface area (Å²) in [5.74, 6) is -1.19. The number of carbonyl (C=O) groups is 1. The number of alkyl halides is 3. The predicted octanol–water partition coefficient (Wildman–Crippen LogP) is 5.02. The maximum absolute atomic E-state index is 13.5. The maximum Gasteiger partial charge on any atom is 0.418 e. The number of amides is 1. The van der Waals surface area contributed by atoms with Crippen molar-refractivity contribution in [2.75, 3.05) is 24.3 Å². The van der Waals surface area contributed by atoms with Crippen molar-refractivity contribution in [3.05, 3.63) is 65.1 Å². The monoisotopic (exact) mass is 391 g/mol. The van der Waals surface area contributed by atoms with Crippen LogP contribution in [0.15, 0.2) is 42.5 Å². The van der Waals surface area contributed by atoms with Gasteiger partial charge in [-0.3, -0.25) is 9.78 Å². The van der Waals surface area contributed by atoms with E-state index in [0.29, 0.717) is 16.6 Å². The zero-order valence-electron chi connectivity index (χ0n) is 15.4. The molecule has 146 valence electrons. The van der Waals surface area contributed by atoms with Crippen LogP contribution < -0.4 is 10.2 Å². The Morgan fingerprint density at radius 3 is 2.43 bits per heavy atom. The van der Waals surface area contributed by atoms with Crippen LogP contribution in [0.5, 0.6) is 0 Å². The van der Waals surface area contributed by atoms with E-state index in [1.165, 1.54) is 41.3 Å². The number of aromatic nitrogens is 1. The topological polar surface area (TPSA) is 45.2 Å². The van der Waals surface area contributed by atoms with E-state index in [4.69, 9.17) is 0 Å². The first-order valence-electron chi connectivity index (χ1n) is 8.33. The number of rotatable bonds is 3. The third-order valence-corrected chi connectivity index (χ3v) is 4.29. The van der Waals surface area contributed by atoms with Crippen LogP contribution in [0.1, 0.15) is 21.6 Å². The SMILES string of the molecule is Cc1nc2cc(F)ccc2cc1C(=O)Nc1ccc(N(C)C)cc1C(F)(F)F. The van der Waals surface area contributed by atoms with Crippen molar-refractivity contribution in [2.24, 2.45) is 0 Å². The van der Waals surface area contributed by atoms with Gasteiger partial charge in [-0.2, -0.15) is 13.2 Å². The van der Waals surface area contributed by atoms with Crippen molar-refractivity contribution in [1.29, 1.82) is 0 Å². The van der Waals surface area contributed by atoms with E-state index < -0.39 is 23.5 Å². The summed E-state index contributed by atoms with van der Waals surface area (Å²) < 4.78 is 53.7. The van der Waals surface area contributed by atoms with Gasteiger partial charge in [-0.15, -0.1) is 0 Å². The quantitative estimate of drug-likeness (QED) is 0.638. The predicted molar refractivity (Wildman–Crippen MR) is 100 cm³/mol. The minimum absolute atomic E-state index is 0.115. The largest absolute Gasteiger partial charge is 0.418 e. The molecule has 1 N–H and O–H groups in total. The highest BCUT2D eigenvalue weighted by atomic mass is 19.4. The normalized spacial score (nSPS) is 11.5. The lowest BCUT2D eigenvalue weighted by atomic mass is 10.1. The maximum atomic E-state index is 13.5. The highest BCUT2D eigenvalue weighted by Crippen LogP contribution is 2.37. The van der Waals surface area contributed by atoms with Gasteiger partial charge in [0.1, 0.15) is 5.82 Å². The van der Waals surface area contributed by atoms with Gasteiger partial charge in [0, 0.05) is 31.2 Å². The fourth-order valence-corrected chi connectivity index (χ4v) is 2.81. The molecular weight excluding hydrogens is 374 g/mol. The number of halogens is 4. The third-order valence-electron chi connectivity index (χ3n) is 4.29. The molecule has 0 unspecified atom stereocenters. The van der Waals surface area contributed by atoms with Crippen LogP contribution in [-0.4, -0.2) is 25.0 Å². The first kappa shape index (κ1) is 19.6. The summed E-state index contributed by atoms with van der Waals surface area (Å²) in [6.07, 6.45) is -4.64. The second kappa shape index (κ2) is 7.10. The van der Waals surface area contributed by atoms with Crippen LogP contribution in [0, 0.1) is 12.7 Å². The van der Waals surface area contributed by atoms with Crippen molar-refractivity contribution < 1.29 is 22.4 Å². The van der Waals surface area contributed by atoms with E-state index in [1.807, 2.05) is 0 Å². The van der Waals surface area contributed by atoms with Gasteiger partial charge in [0.25, 0.3) is 5.91 Å². The fraction of sp³-hybridized carbons (Fsp3) is 0.200. The second-order valence-electron chi connectivity index (χ2n) is 6.53. The number of hydrogen-bond donors (Lipinski definition) is 1. The lowest BCUT2D eigenvalue weighted by Crippen LogP contribution is -2.19. The summed E-state index contributed by atoms with van der Waals surface area (Å²) in [7, 11) is 3.25. The minimum Gasteiger partial charge on any atom is -0.378 e. The van der Waals surface area contributed by atoms with Crippen LogP contribution in [-0.2, 0) is 6.18 Å². The molecule has 3 rings (SSSR count). The summed E-state index contributed by atoms with van der Waals surface area (Å²) in [4.78, 5) is 18.4. The number of hydrogen-bond acceptors (Lipinski definition) is 3. The Morgan fingerprint density at radius 2 is 1.79 bits per heavy atom. The van der Waals surface area contributed by atoms with E-state index in [9.17, 15) is 22.4 Å². The molecule has 3 aromatic rings. The molecule has 0 aliphatic heterocycles. The number of anilines is 2. The number of benzene rings is 2. The second-order valence-corrected chi connectivity index (χ2v) is 6.53. The first-order valence-corrected chi connectivity index (χ1v) is 8.33. The van der Waals surface area contributed by atoms with Crippen LogP contribution in [0.2, 0.25) is 0 Å². The Balaban J connectivity index is 2.00. The van der Waals surface area contributed by atoms with Crippen LogP contribution in [0.25, 0.3) is 10.9 Å². The van der Waals surface area contributed by atoms with Gasteiger partial charge in [0.05, 0.1) is 28.0 Å². The Hall–Kier alpha value is -3.16. The summed E-state index contributed by atoms with van der Waals surface area (Å²) in [6, 6.07) is 9.07. The summed E-state index contributed by atoms with van der Waals surface area (Å²) in [5, 5.41) is 2.84. The fourth-order valence-electron chi connectivity index (χ4n) is 2.81. The van der Waals surface area contributed by atoms with Crippen LogP contribution >= 0.6 is 0 Å². The third kappa shape index (κ3) is 3.90. The molecule has 0 bridgehead atoms. The number of fused-ring (bicyclic) bond motifs is 1. The zero-order valence-corrected chi connectivity index (χ0v) is 15.4. The Kier molecular flexibility index (Phi) is 4.97. The molecule has 0 saturated carbocycles. The highest BCUT2D eigenvalue weighted by Gasteiger charge is 2.34. The molecule has 1 amide bonds. The van der Waals surface area contributed by atoms with Gasteiger partial charge in [0.15, 0.2) is 0 Å². The lowest BCUT2D eigenvalue weighted by Gasteiger charge is -2.19. The molecule has 0 saturated heterocycles. The van der Waals surface area contributed by atoms with Crippen molar-refractivity contribution in [3.8, 4) is 0 Å². The molecule has 1 heterocycles. The van der Waals surface area contributed by atoms with Gasteiger partial charge in [-0.1, -0.05) is 0 Å². The van der Waals surface area contributed by atoms with Gasteiger partial charge in [-0.05, 0) is 43.3 Å². The van der Waals surface area contributed by atoms with E-state index in [0.717, 1.165) is 6.07 Å². The Bertz CT molecular complexity index is 1060. The van der Waals surface area contributed by atoms with E-state index in [-0.39, 0.29) is 16.9 Å². The van der Waals surface area contributed by atoms with Crippen molar-refractivity contribution in [2.45, 2.75) is 13.1 Å². The molecule has 8 heteroatoms. The van der Waals surface area contributed by atoms with Crippen molar-refractivity contribution in [1.82, 2.24) is 4.98 Å². The Morgan fingerprint density at radius 1 is 1.07 bits per heavy atom. The molecule has 0 spiro atoms. The number of nitrogens with one attached hydrogen (secondary N) is 1. The summed E-state index contributed by atoms with van der Waals surface area (Å²) in [6.45, 7) is 1.54. The van der Waals surface area contributed by atoms with Crippen molar-refractivity contribution in [3.63, 3.8) is 0 Å². The summed E-state index contributed by atoms with van der Waals surface area (Å²) in [5.41, 5.74) is -0.170. The van der Waals surface area contributed by atoms with E-state index in [1.54, 1.807) is 21.0 Å². The number of aryl methyl sites for hydroxylation is 1. The standard InChI is InChI=1S/C20H17F4N3O/c1-11-15(8-12-4-5-13(21)9-18(12)25-11)19(28)26-17-7-6-14(27(2)3)10-16(17)20(22,23)24/h4-10H,1-3H3,(H,26,28). The molecule has 0 atom stereocenters. The van der Waals surface area contributed by atoms with Crippen LogP contribution in [0.4, 0.5) is 28.9 Å². The average Bonchev–Trinajstić information content (AvgIpc) is 2.60. The average molecular weight is 391 g/mol. The van der Waals surface area contributed by atoms with E-state index in [2.05, 4.69) is 10.3 Å². The zero-order chi connectivity index (χ0) is 20.6. The van der Waals surface area contributed by atoms with E-state index >= 15 is 0 Å². The van der Waals surface area contributed by atoms with Gasteiger partial charge < -0.3 is 10.2 Å². The highest BCUT2D eigenvalue weighted by molar-refractivity contribution is 6.07. The number of pyridine rings is 1.